The molecule has 0 spiro atoms. The van der Waals surface area contributed by atoms with Crippen molar-refractivity contribution in [1.29, 1.82) is 0 Å². The molecule has 1 saturated heterocycles. The third kappa shape index (κ3) is 3.99. The standard InChI is InChI=1S/C17H15ClFN3O5/c1-26-17(23)11-7-14(22(24)25)16(20-8-11)21-4-5-27-15(9-21)10-2-3-13(19)12(18)6-10/h2-3,6-8,15H,4-5,9H2,1H3. The number of methoxy groups -OCH3 is 1. The second kappa shape index (κ2) is 7.85. The van der Waals surface area contributed by atoms with Crippen LogP contribution in [0, 0.1) is 15.9 Å². The fraction of sp³-hybridized carbons (Fsp3) is 0.294. The summed E-state index contributed by atoms with van der Waals surface area (Å²) < 4.78 is 23.6. The number of nitrogens with zero attached hydrogens (tertiary/aromatic N) is 3. The molecule has 1 aromatic heterocycles. The van der Waals surface area contributed by atoms with E-state index in [-0.39, 0.29) is 35.2 Å². The van der Waals surface area contributed by atoms with Crippen molar-refractivity contribution in [2.45, 2.75) is 6.10 Å². The number of nitro groups is 1. The van der Waals surface area contributed by atoms with E-state index in [4.69, 9.17) is 16.3 Å². The number of esters is 1. The van der Waals surface area contributed by atoms with Crippen LogP contribution >= 0.6 is 11.6 Å². The van der Waals surface area contributed by atoms with Crippen LogP contribution in [0.1, 0.15) is 22.0 Å². The lowest BCUT2D eigenvalue weighted by molar-refractivity contribution is -0.384. The van der Waals surface area contributed by atoms with E-state index in [1.807, 2.05) is 0 Å². The van der Waals surface area contributed by atoms with Gasteiger partial charge in [0.25, 0.3) is 0 Å². The molecule has 0 aliphatic carbocycles. The SMILES string of the molecule is COC(=O)c1cnc(N2CCOC(c3ccc(F)c(Cl)c3)C2)c([N+](=O)[O-])c1. The quantitative estimate of drug-likeness (QED) is 0.445. The zero-order valence-electron chi connectivity index (χ0n) is 14.2. The molecule has 0 radical (unpaired) electrons. The highest BCUT2D eigenvalue weighted by molar-refractivity contribution is 6.30. The summed E-state index contributed by atoms with van der Waals surface area (Å²) in [5.74, 6) is -1.13. The molecule has 1 unspecified atom stereocenters. The molecule has 2 heterocycles. The molecule has 3 rings (SSSR count). The predicted octanol–water partition coefficient (Wildman–Crippen LogP) is 3.15. The van der Waals surface area contributed by atoms with Crippen LogP contribution in [0.3, 0.4) is 0 Å². The molecule has 1 aliphatic rings. The first kappa shape index (κ1) is 19.0. The van der Waals surface area contributed by atoms with Gasteiger partial charge in [-0.25, -0.2) is 14.2 Å². The van der Waals surface area contributed by atoms with Crippen molar-refractivity contribution in [3.8, 4) is 0 Å². The molecule has 1 aliphatic heterocycles. The van der Waals surface area contributed by atoms with Gasteiger partial charge in [-0.1, -0.05) is 17.7 Å². The Bertz CT molecular complexity index is 895. The highest BCUT2D eigenvalue weighted by atomic mass is 35.5. The molecule has 2 aromatic rings. The Morgan fingerprint density at radius 3 is 2.93 bits per heavy atom. The van der Waals surface area contributed by atoms with Gasteiger partial charge in [0.05, 0.1) is 35.8 Å². The summed E-state index contributed by atoms with van der Waals surface area (Å²) in [4.78, 5) is 28.2. The van der Waals surface area contributed by atoms with Crippen molar-refractivity contribution in [3.05, 3.63) is 62.5 Å². The number of hydrogen-bond donors (Lipinski definition) is 0. The van der Waals surface area contributed by atoms with Gasteiger partial charge in [0.2, 0.25) is 5.82 Å². The Balaban J connectivity index is 1.90. The van der Waals surface area contributed by atoms with E-state index in [0.29, 0.717) is 12.1 Å². The van der Waals surface area contributed by atoms with Crippen molar-refractivity contribution in [2.24, 2.45) is 0 Å². The minimum Gasteiger partial charge on any atom is -0.465 e. The Morgan fingerprint density at radius 2 is 2.26 bits per heavy atom. The van der Waals surface area contributed by atoms with Gasteiger partial charge in [-0.3, -0.25) is 10.1 Å². The number of hydrogen-bond acceptors (Lipinski definition) is 7. The van der Waals surface area contributed by atoms with Gasteiger partial charge in [-0.05, 0) is 17.7 Å². The average molecular weight is 396 g/mol. The molecule has 1 fully saturated rings. The maximum atomic E-state index is 13.4. The first-order chi connectivity index (χ1) is 12.9. The van der Waals surface area contributed by atoms with Crippen LogP contribution < -0.4 is 4.90 Å². The smallest absolute Gasteiger partial charge is 0.339 e. The van der Waals surface area contributed by atoms with Crippen LogP contribution in [0.25, 0.3) is 0 Å². The maximum absolute atomic E-state index is 13.4. The van der Waals surface area contributed by atoms with Crippen molar-refractivity contribution < 1.29 is 23.6 Å². The zero-order chi connectivity index (χ0) is 19.6. The lowest BCUT2D eigenvalue weighted by atomic mass is 10.1. The summed E-state index contributed by atoms with van der Waals surface area (Å²) in [5.41, 5.74) is 0.332. The molecule has 10 heteroatoms. The third-order valence-corrected chi connectivity index (χ3v) is 4.44. The van der Waals surface area contributed by atoms with Gasteiger partial charge in [0, 0.05) is 18.8 Å². The molecule has 27 heavy (non-hydrogen) atoms. The van der Waals surface area contributed by atoms with Gasteiger partial charge >= 0.3 is 11.7 Å². The number of carbonyl (C=O) groups excluding carboxylic acids is 1. The van der Waals surface area contributed by atoms with E-state index >= 15 is 0 Å². The summed E-state index contributed by atoms with van der Waals surface area (Å²) >= 11 is 5.82. The molecule has 0 N–H and O–H groups in total. The van der Waals surface area contributed by atoms with E-state index in [9.17, 15) is 19.3 Å². The minimum absolute atomic E-state index is 0.0110. The molecular weight excluding hydrogens is 381 g/mol. The van der Waals surface area contributed by atoms with Gasteiger partial charge < -0.3 is 14.4 Å². The molecule has 1 aromatic carbocycles. The van der Waals surface area contributed by atoms with Crippen LogP contribution in [-0.2, 0) is 9.47 Å². The number of benzene rings is 1. The number of ether oxygens (including phenoxy) is 2. The number of pyridine rings is 1. The lowest BCUT2D eigenvalue weighted by Crippen LogP contribution is -2.39. The van der Waals surface area contributed by atoms with Crippen molar-refractivity contribution >= 4 is 29.1 Å². The highest BCUT2D eigenvalue weighted by Gasteiger charge is 2.29. The van der Waals surface area contributed by atoms with Crippen molar-refractivity contribution in [2.75, 3.05) is 31.7 Å². The van der Waals surface area contributed by atoms with E-state index < -0.39 is 22.8 Å². The van der Waals surface area contributed by atoms with Gasteiger partial charge in [-0.2, -0.15) is 0 Å². The topological polar surface area (TPSA) is 94.8 Å². The molecule has 0 saturated carbocycles. The van der Waals surface area contributed by atoms with Crippen LogP contribution in [0.2, 0.25) is 5.02 Å². The maximum Gasteiger partial charge on any atom is 0.339 e. The van der Waals surface area contributed by atoms with Crippen molar-refractivity contribution in [1.82, 2.24) is 4.98 Å². The number of halogens is 2. The zero-order valence-corrected chi connectivity index (χ0v) is 15.0. The largest absolute Gasteiger partial charge is 0.465 e. The monoisotopic (exact) mass is 395 g/mol. The fourth-order valence-electron chi connectivity index (χ4n) is 2.81. The van der Waals surface area contributed by atoms with Gasteiger partial charge in [0.15, 0.2) is 0 Å². The molecular formula is C17H15ClFN3O5. The van der Waals surface area contributed by atoms with Crippen LogP contribution in [0.15, 0.2) is 30.5 Å². The predicted molar refractivity (Wildman–Crippen MR) is 94.5 cm³/mol. The summed E-state index contributed by atoms with van der Waals surface area (Å²) in [7, 11) is 1.18. The molecule has 142 valence electrons. The second-order valence-electron chi connectivity index (χ2n) is 5.79. The third-order valence-electron chi connectivity index (χ3n) is 4.15. The average Bonchev–Trinajstić information content (AvgIpc) is 2.69. The number of rotatable bonds is 4. The van der Waals surface area contributed by atoms with E-state index in [0.717, 1.165) is 6.07 Å². The van der Waals surface area contributed by atoms with E-state index in [2.05, 4.69) is 9.72 Å². The van der Waals surface area contributed by atoms with E-state index in [1.54, 1.807) is 11.0 Å². The minimum atomic E-state index is -0.710. The Labute approximate surface area is 158 Å². The van der Waals surface area contributed by atoms with Crippen molar-refractivity contribution in [3.63, 3.8) is 0 Å². The molecule has 0 amide bonds. The summed E-state index contributed by atoms with van der Waals surface area (Å²) in [5, 5.41) is 11.4. The first-order valence-corrected chi connectivity index (χ1v) is 8.32. The fourth-order valence-corrected chi connectivity index (χ4v) is 3.00. The number of carbonyl (C=O) groups is 1. The lowest BCUT2D eigenvalue weighted by Gasteiger charge is -2.33. The Morgan fingerprint density at radius 1 is 1.48 bits per heavy atom. The first-order valence-electron chi connectivity index (χ1n) is 7.95. The number of anilines is 1. The molecule has 8 nitrogen and oxygen atoms in total. The van der Waals surface area contributed by atoms with E-state index in [1.165, 1.54) is 25.4 Å². The number of morpholine rings is 1. The van der Waals surface area contributed by atoms with Crippen LogP contribution in [0.5, 0.6) is 0 Å². The second-order valence-corrected chi connectivity index (χ2v) is 6.20. The summed E-state index contributed by atoms with van der Waals surface area (Å²) in [6.07, 6.45) is 0.770. The Hall–Kier alpha value is -2.78. The van der Waals surface area contributed by atoms with Crippen LogP contribution in [-0.4, -0.2) is 42.7 Å². The normalized spacial score (nSPS) is 16.9. The molecule has 1 atom stereocenters. The summed E-state index contributed by atoms with van der Waals surface area (Å²) in [6.45, 7) is 0.918. The van der Waals surface area contributed by atoms with Gasteiger partial charge in [0.1, 0.15) is 11.9 Å². The Kier molecular flexibility index (Phi) is 5.52. The van der Waals surface area contributed by atoms with Crippen LogP contribution in [0.4, 0.5) is 15.9 Å². The highest BCUT2D eigenvalue weighted by Crippen LogP contribution is 2.32. The number of aromatic nitrogens is 1. The molecule has 0 bridgehead atoms. The summed E-state index contributed by atoms with van der Waals surface area (Å²) in [6, 6.07) is 5.39. The van der Waals surface area contributed by atoms with Gasteiger partial charge in [-0.15, -0.1) is 0 Å².